The summed E-state index contributed by atoms with van der Waals surface area (Å²) in [5.74, 6) is 0.174. The second-order valence-corrected chi connectivity index (χ2v) is 5.21. The number of nitrogens with one attached hydrogen (secondary N) is 1. The van der Waals surface area contributed by atoms with E-state index in [9.17, 15) is 9.90 Å². The van der Waals surface area contributed by atoms with E-state index in [2.05, 4.69) is 20.5 Å². The number of carboxylic acids is 1. The Morgan fingerprint density at radius 1 is 1.43 bits per heavy atom. The van der Waals surface area contributed by atoms with E-state index in [1.165, 1.54) is 0 Å². The zero-order valence-corrected chi connectivity index (χ0v) is 11.8. The van der Waals surface area contributed by atoms with Crippen LogP contribution in [0.3, 0.4) is 0 Å². The normalized spacial score (nSPS) is 13.8. The number of anilines is 1. The van der Waals surface area contributed by atoms with Crippen molar-refractivity contribution in [2.45, 2.75) is 32.2 Å². The first-order valence-electron chi connectivity index (χ1n) is 6.98. The predicted molar refractivity (Wildman–Crippen MR) is 76.2 cm³/mol. The Balaban J connectivity index is 1.89. The third kappa shape index (κ3) is 2.72. The minimum Gasteiger partial charge on any atom is -0.478 e. The lowest BCUT2D eigenvalue weighted by Gasteiger charge is -2.18. The fourth-order valence-electron chi connectivity index (χ4n) is 2.56. The van der Waals surface area contributed by atoms with Gasteiger partial charge in [0, 0.05) is 12.7 Å². The Labute approximate surface area is 122 Å². The summed E-state index contributed by atoms with van der Waals surface area (Å²) in [4.78, 5) is 15.9. The minimum absolute atomic E-state index is 0.220. The van der Waals surface area contributed by atoms with Crippen LogP contribution >= 0.6 is 0 Å². The molecule has 0 radical (unpaired) electrons. The highest BCUT2D eigenvalue weighted by Crippen LogP contribution is 2.25. The number of carboxylic acid groups (broad SMARTS) is 1. The topological polar surface area (TPSA) is 92.9 Å². The Hall–Kier alpha value is -2.44. The van der Waals surface area contributed by atoms with Crippen molar-refractivity contribution in [3.8, 4) is 0 Å². The van der Waals surface area contributed by atoms with Gasteiger partial charge < -0.3 is 15.0 Å². The number of pyridine rings is 1. The van der Waals surface area contributed by atoms with Gasteiger partial charge in [0.05, 0.1) is 6.54 Å². The van der Waals surface area contributed by atoms with Gasteiger partial charge in [0.25, 0.3) is 0 Å². The molecule has 1 aliphatic rings. The van der Waals surface area contributed by atoms with Crippen molar-refractivity contribution < 1.29 is 9.90 Å². The van der Waals surface area contributed by atoms with Gasteiger partial charge >= 0.3 is 5.97 Å². The van der Waals surface area contributed by atoms with Crippen LogP contribution in [0.15, 0.2) is 12.4 Å². The average Bonchev–Trinajstić information content (AvgIpc) is 2.89. The van der Waals surface area contributed by atoms with Crippen LogP contribution in [0.1, 0.15) is 40.3 Å². The van der Waals surface area contributed by atoms with Crippen molar-refractivity contribution in [1.82, 2.24) is 19.7 Å². The lowest BCUT2D eigenvalue weighted by atomic mass is 9.95. The van der Waals surface area contributed by atoms with Crippen LogP contribution in [0.2, 0.25) is 0 Å². The van der Waals surface area contributed by atoms with Crippen LogP contribution in [0.25, 0.3) is 0 Å². The third-order valence-corrected chi connectivity index (χ3v) is 3.75. The van der Waals surface area contributed by atoms with Gasteiger partial charge in [-0.05, 0) is 37.3 Å². The second kappa shape index (κ2) is 5.51. The van der Waals surface area contributed by atoms with Crippen LogP contribution in [0.5, 0.6) is 0 Å². The predicted octanol–water partition coefficient (Wildman–Crippen LogP) is 1.40. The molecule has 2 aromatic heterocycles. The highest BCUT2D eigenvalue weighted by molar-refractivity contribution is 5.93. The molecule has 110 valence electrons. The lowest BCUT2D eigenvalue weighted by Crippen LogP contribution is -2.15. The van der Waals surface area contributed by atoms with Gasteiger partial charge in [0.15, 0.2) is 5.82 Å². The number of aromatic carboxylic acids is 1. The zero-order chi connectivity index (χ0) is 14.8. The maximum absolute atomic E-state index is 11.4. The maximum Gasteiger partial charge on any atom is 0.339 e. The summed E-state index contributed by atoms with van der Waals surface area (Å²) in [6.45, 7) is 0.391. The van der Waals surface area contributed by atoms with Gasteiger partial charge in [-0.3, -0.25) is 0 Å². The highest BCUT2D eigenvalue weighted by Gasteiger charge is 2.19. The van der Waals surface area contributed by atoms with E-state index < -0.39 is 5.97 Å². The number of aromatic nitrogens is 4. The van der Waals surface area contributed by atoms with E-state index in [1.807, 2.05) is 7.05 Å². The Morgan fingerprint density at radius 2 is 2.24 bits per heavy atom. The van der Waals surface area contributed by atoms with E-state index in [4.69, 9.17) is 0 Å². The summed E-state index contributed by atoms with van der Waals surface area (Å²) in [6, 6.07) is 1.75. The quantitative estimate of drug-likeness (QED) is 0.883. The molecule has 2 heterocycles. The molecule has 0 atom stereocenters. The summed E-state index contributed by atoms with van der Waals surface area (Å²) >= 11 is 0. The van der Waals surface area contributed by atoms with Crippen molar-refractivity contribution in [2.75, 3.05) is 5.32 Å². The van der Waals surface area contributed by atoms with Gasteiger partial charge in [0.1, 0.15) is 17.7 Å². The van der Waals surface area contributed by atoms with Crippen molar-refractivity contribution in [3.63, 3.8) is 0 Å². The fraction of sp³-hybridized carbons (Fsp3) is 0.429. The fourth-order valence-corrected chi connectivity index (χ4v) is 2.56. The monoisotopic (exact) mass is 287 g/mol. The number of fused-ring (bicyclic) bond motifs is 1. The molecule has 2 aromatic rings. The molecule has 7 nitrogen and oxygen atoms in total. The van der Waals surface area contributed by atoms with Gasteiger partial charge in [0.2, 0.25) is 0 Å². The molecule has 0 amide bonds. The Kier molecular flexibility index (Phi) is 3.55. The van der Waals surface area contributed by atoms with Crippen molar-refractivity contribution in [1.29, 1.82) is 0 Å². The van der Waals surface area contributed by atoms with E-state index in [-0.39, 0.29) is 5.56 Å². The minimum atomic E-state index is -0.962. The zero-order valence-electron chi connectivity index (χ0n) is 11.8. The molecule has 0 aliphatic heterocycles. The summed E-state index contributed by atoms with van der Waals surface area (Å²) in [7, 11) is 1.84. The third-order valence-electron chi connectivity index (χ3n) is 3.75. The van der Waals surface area contributed by atoms with E-state index in [0.717, 1.165) is 42.8 Å². The Morgan fingerprint density at radius 3 is 2.95 bits per heavy atom. The molecule has 2 N–H and O–H groups in total. The lowest BCUT2D eigenvalue weighted by molar-refractivity contribution is 0.0697. The molecular weight excluding hydrogens is 270 g/mol. The highest BCUT2D eigenvalue weighted by atomic mass is 16.4. The largest absolute Gasteiger partial charge is 0.478 e. The van der Waals surface area contributed by atoms with Crippen LogP contribution in [-0.2, 0) is 26.4 Å². The number of carbonyl (C=O) groups is 1. The molecule has 0 saturated heterocycles. The molecule has 0 bridgehead atoms. The first-order chi connectivity index (χ1) is 10.1. The summed E-state index contributed by atoms with van der Waals surface area (Å²) in [5.41, 5.74) is 2.28. The van der Waals surface area contributed by atoms with Gasteiger partial charge in [-0.1, -0.05) is 0 Å². The molecule has 7 heteroatoms. The number of hydrogen-bond acceptors (Lipinski definition) is 5. The van der Waals surface area contributed by atoms with Crippen LogP contribution in [-0.4, -0.2) is 30.8 Å². The molecule has 0 saturated carbocycles. The molecule has 0 fully saturated rings. The first-order valence-corrected chi connectivity index (χ1v) is 6.98. The molecule has 0 aromatic carbocycles. The van der Waals surface area contributed by atoms with Crippen molar-refractivity contribution >= 4 is 11.8 Å². The van der Waals surface area contributed by atoms with Crippen LogP contribution in [0.4, 0.5) is 5.82 Å². The molecule has 3 rings (SSSR count). The summed E-state index contributed by atoms with van der Waals surface area (Å²) < 4.78 is 1.78. The second-order valence-electron chi connectivity index (χ2n) is 5.21. The van der Waals surface area contributed by atoms with Crippen molar-refractivity contribution in [2.24, 2.45) is 7.05 Å². The van der Waals surface area contributed by atoms with E-state index in [1.54, 1.807) is 17.0 Å². The summed E-state index contributed by atoms with van der Waals surface area (Å²) in [6.07, 6.45) is 5.63. The van der Waals surface area contributed by atoms with E-state index in [0.29, 0.717) is 12.4 Å². The molecule has 0 unspecified atom stereocenters. The van der Waals surface area contributed by atoms with E-state index >= 15 is 0 Å². The number of rotatable bonds is 4. The maximum atomic E-state index is 11.4. The van der Waals surface area contributed by atoms with Crippen LogP contribution in [0, 0.1) is 0 Å². The average molecular weight is 287 g/mol. The number of hydrogen-bond donors (Lipinski definition) is 2. The van der Waals surface area contributed by atoms with Crippen LogP contribution < -0.4 is 5.32 Å². The van der Waals surface area contributed by atoms with Gasteiger partial charge in [-0.15, -0.1) is 10.2 Å². The first kappa shape index (κ1) is 13.5. The van der Waals surface area contributed by atoms with Gasteiger partial charge in [-0.25, -0.2) is 9.78 Å². The molecule has 0 spiro atoms. The number of aryl methyl sites for hydroxylation is 3. The van der Waals surface area contributed by atoms with Gasteiger partial charge in [-0.2, -0.15) is 0 Å². The Bertz CT molecular complexity index is 680. The standard InChI is InChI=1S/C14H17N5O2/c1-19-8-16-18-12(19)7-15-13-10(14(20)21)6-9-4-2-3-5-11(9)17-13/h6,8H,2-5,7H2,1H3,(H,15,17)(H,20,21). The molecular formula is C14H17N5O2. The smallest absolute Gasteiger partial charge is 0.339 e. The summed E-state index contributed by atoms with van der Waals surface area (Å²) in [5, 5.41) is 20.2. The number of nitrogens with zero attached hydrogens (tertiary/aromatic N) is 4. The van der Waals surface area contributed by atoms with Crippen molar-refractivity contribution in [3.05, 3.63) is 35.0 Å². The SMILES string of the molecule is Cn1cnnc1CNc1nc2c(cc1C(=O)O)CCCC2. The molecule has 1 aliphatic carbocycles. The molecule has 21 heavy (non-hydrogen) atoms.